The summed E-state index contributed by atoms with van der Waals surface area (Å²) in [5.74, 6) is 2.68. The summed E-state index contributed by atoms with van der Waals surface area (Å²) in [6, 6.07) is 0. The molecule has 300 valence electrons. The Bertz CT molecular complexity index is 768. The minimum Gasteiger partial charge on any atom is -0.462 e. The molecule has 0 rings (SSSR count). The van der Waals surface area contributed by atoms with Crippen LogP contribution in [0.2, 0.25) is 0 Å². The molecular formula is C44H83NO6. The van der Waals surface area contributed by atoms with Gasteiger partial charge in [-0.15, -0.1) is 12.3 Å². The fourth-order valence-corrected chi connectivity index (χ4v) is 6.60. The van der Waals surface area contributed by atoms with Gasteiger partial charge in [0.15, 0.2) is 0 Å². The van der Waals surface area contributed by atoms with E-state index in [0.29, 0.717) is 26.2 Å². The average molecular weight is 722 g/mol. The van der Waals surface area contributed by atoms with Gasteiger partial charge in [-0.05, 0) is 83.7 Å². The normalized spacial score (nSPS) is 11.3. The summed E-state index contributed by atoms with van der Waals surface area (Å²) in [4.78, 5) is 26.8. The van der Waals surface area contributed by atoms with Gasteiger partial charge in [0.1, 0.15) is 6.10 Å². The monoisotopic (exact) mass is 722 g/mol. The maximum atomic E-state index is 12.7. The van der Waals surface area contributed by atoms with E-state index in [1.165, 1.54) is 103 Å². The summed E-state index contributed by atoms with van der Waals surface area (Å²) in [6.07, 6.45) is 39.6. The van der Waals surface area contributed by atoms with E-state index in [1.807, 2.05) is 0 Å². The molecule has 0 heterocycles. The van der Waals surface area contributed by atoms with Crippen molar-refractivity contribution >= 4 is 12.1 Å². The van der Waals surface area contributed by atoms with E-state index in [9.17, 15) is 14.7 Å². The Labute approximate surface area is 316 Å². The van der Waals surface area contributed by atoms with E-state index >= 15 is 0 Å². The van der Waals surface area contributed by atoms with Crippen LogP contribution in [-0.4, -0.2) is 67.7 Å². The Morgan fingerprint density at radius 3 is 1.51 bits per heavy atom. The molecule has 0 saturated carbocycles. The van der Waals surface area contributed by atoms with Crippen molar-refractivity contribution in [1.29, 1.82) is 0 Å². The number of hydrogen-bond donors (Lipinski definition) is 1. The highest BCUT2D eigenvalue weighted by molar-refractivity contribution is 5.69. The first-order chi connectivity index (χ1) is 25.1. The molecule has 0 spiro atoms. The lowest BCUT2D eigenvalue weighted by Gasteiger charge is -2.21. The van der Waals surface area contributed by atoms with Crippen molar-refractivity contribution in [3.8, 4) is 12.3 Å². The highest BCUT2D eigenvalue weighted by Crippen LogP contribution is 2.18. The van der Waals surface area contributed by atoms with Gasteiger partial charge in [-0.25, -0.2) is 4.79 Å². The molecule has 0 aliphatic carbocycles. The molecule has 0 radical (unpaired) electrons. The highest BCUT2D eigenvalue weighted by atomic mass is 16.7. The average Bonchev–Trinajstić information content (AvgIpc) is 3.12. The van der Waals surface area contributed by atoms with Crippen LogP contribution in [0.5, 0.6) is 0 Å². The number of carbonyl (C=O) groups excluding carboxylic acids is 2. The Morgan fingerprint density at radius 1 is 0.569 bits per heavy atom. The van der Waals surface area contributed by atoms with Gasteiger partial charge in [0.25, 0.3) is 0 Å². The van der Waals surface area contributed by atoms with Crippen LogP contribution in [0.1, 0.15) is 213 Å². The van der Waals surface area contributed by atoms with Gasteiger partial charge in [0.05, 0.1) is 19.8 Å². The summed E-state index contributed by atoms with van der Waals surface area (Å²) >= 11 is 0. The first-order valence-corrected chi connectivity index (χ1v) is 21.8. The number of unbranched alkanes of at least 4 members (excludes halogenated alkanes) is 23. The molecule has 0 saturated heterocycles. The standard InChI is InChI=1S/C44H83NO6/c1-4-7-10-13-16-17-18-24-31-40-49-44(48)50-41-32-25-30-37-45(38-39-46)36-29-23-19-22-28-35-43(47)51-42(33-26-20-14-11-8-5-2)34-27-21-15-12-9-6-3/h1,42,46H,5-41H2,2-3H3. The fourth-order valence-electron chi connectivity index (χ4n) is 6.60. The van der Waals surface area contributed by atoms with Gasteiger partial charge >= 0.3 is 12.1 Å². The number of rotatable bonds is 40. The lowest BCUT2D eigenvalue weighted by atomic mass is 10.0. The van der Waals surface area contributed by atoms with E-state index in [2.05, 4.69) is 24.7 Å². The van der Waals surface area contributed by atoms with Crippen LogP contribution in [0.4, 0.5) is 4.79 Å². The molecule has 0 aliphatic heterocycles. The van der Waals surface area contributed by atoms with E-state index in [4.69, 9.17) is 20.6 Å². The smallest absolute Gasteiger partial charge is 0.462 e. The van der Waals surface area contributed by atoms with Gasteiger partial charge in [-0.3, -0.25) is 4.79 Å². The topological polar surface area (TPSA) is 85.3 Å². The quantitative estimate of drug-likeness (QED) is 0.0383. The molecular weight excluding hydrogens is 638 g/mol. The molecule has 0 aromatic rings. The van der Waals surface area contributed by atoms with Crippen LogP contribution in [-0.2, 0) is 19.0 Å². The summed E-state index contributed by atoms with van der Waals surface area (Å²) in [5.41, 5.74) is 0. The molecule has 7 nitrogen and oxygen atoms in total. The maximum absolute atomic E-state index is 12.7. The zero-order valence-corrected chi connectivity index (χ0v) is 33.8. The van der Waals surface area contributed by atoms with E-state index < -0.39 is 6.16 Å². The lowest BCUT2D eigenvalue weighted by Crippen LogP contribution is -2.29. The Kier molecular flexibility index (Phi) is 39.6. The number of ether oxygens (including phenoxy) is 3. The molecule has 0 aliphatic rings. The number of aliphatic hydroxyl groups excluding tert-OH is 1. The molecule has 0 bridgehead atoms. The second kappa shape index (κ2) is 41.0. The largest absolute Gasteiger partial charge is 0.508 e. The third-order valence-electron chi connectivity index (χ3n) is 9.85. The number of nitrogens with zero attached hydrogens (tertiary/aromatic N) is 1. The van der Waals surface area contributed by atoms with Crippen LogP contribution in [0.3, 0.4) is 0 Å². The number of carbonyl (C=O) groups is 2. The molecule has 51 heavy (non-hydrogen) atoms. The second-order valence-electron chi connectivity index (χ2n) is 14.7. The van der Waals surface area contributed by atoms with Crippen LogP contribution in [0.25, 0.3) is 0 Å². The first-order valence-electron chi connectivity index (χ1n) is 21.8. The molecule has 1 N–H and O–H groups in total. The van der Waals surface area contributed by atoms with E-state index in [1.54, 1.807) is 0 Å². The highest BCUT2D eigenvalue weighted by Gasteiger charge is 2.14. The van der Waals surface area contributed by atoms with Crippen LogP contribution < -0.4 is 0 Å². The number of terminal acetylenes is 1. The molecule has 0 fully saturated rings. The minimum atomic E-state index is -0.556. The van der Waals surface area contributed by atoms with Crippen molar-refractivity contribution in [3.63, 3.8) is 0 Å². The van der Waals surface area contributed by atoms with E-state index in [-0.39, 0.29) is 18.7 Å². The Balaban J connectivity index is 3.94. The van der Waals surface area contributed by atoms with Crippen molar-refractivity contribution in [2.75, 3.05) is 39.5 Å². The minimum absolute atomic E-state index is 0.00164. The lowest BCUT2D eigenvalue weighted by molar-refractivity contribution is -0.150. The van der Waals surface area contributed by atoms with Crippen LogP contribution in [0.15, 0.2) is 0 Å². The second-order valence-corrected chi connectivity index (χ2v) is 14.7. The number of aliphatic hydroxyl groups is 1. The van der Waals surface area contributed by atoms with Crippen molar-refractivity contribution in [3.05, 3.63) is 0 Å². The van der Waals surface area contributed by atoms with Crippen molar-refractivity contribution < 1.29 is 28.9 Å². The van der Waals surface area contributed by atoms with Crippen molar-refractivity contribution in [2.24, 2.45) is 0 Å². The molecule has 0 amide bonds. The summed E-state index contributed by atoms with van der Waals surface area (Å²) < 4.78 is 16.4. The van der Waals surface area contributed by atoms with Crippen LogP contribution in [0, 0.1) is 12.3 Å². The Hall–Kier alpha value is -1.78. The maximum Gasteiger partial charge on any atom is 0.508 e. The zero-order valence-electron chi connectivity index (χ0n) is 33.8. The third-order valence-corrected chi connectivity index (χ3v) is 9.85. The molecule has 7 heteroatoms. The Morgan fingerprint density at radius 2 is 1.00 bits per heavy atom. The van der Waals surface area contributed by atoms with Gasteiger partial charge in [-0.1, -0.05) is 129 Å². The predicted octanol–water partition coefficient (Wildman–Crippen LogP) is 12.1. The summed E-state index contributed by atoms with van der Waals surface area (Å²) in [7, 11) is 0. The van der Waals surface area contributed by atoms with E-state index in [0.717, 1.165) is 103 Å². The zero-order chi connectivity index (χ0) is 37.3. The third kappa shape index (κ3) is 37.8. The van der Waals surface area contributed by atoms with Gasteiger partial charge < -0.3 is 24.2 Å². The first kappa shape index (κ1) is 49.2. The van der Waals surface area contributed by atoms with Crippen molar-refractivity contribution in [2.45, 2.75) is 219 Å². The molecule has 0 unspecified atom stereocenters. The van der Waals surface area contributed by atoms with Gasteiger partial charge in [0, 0.05) is 19.4 Å². The number of esters is 1. The molecule has 0 aromatic carbocycles. The summed E-state index contributed by atoms with van der Waals surface area (Å²) in [6.45, 7) is 8.12. The SMILES string of the molecule is C#CCCCCCCCCCOC(=O)OCCCCCN(CCO)CCCCCCCC(=O)OC(CCCCCCCC)CCCCCCCC. The summed E-state index contributed by atoms with van der Waals surface area (Å²) in [5, 5.41) is 9.52. The van der Waals surface area contributed by atoms with Gasteiger partial charge in [0.2, 0.25) is 0 Å². The van der Waals surface area contributed by atoms with Crippen LogP contribution >= 0.6 is 0 Å². The predicted molar refractivity (Wildman–Crippen MR) is 214 cm³/mol. The number of hydrogen-bond acceptors (Lipinski definition) is 7. The van der Waals surface area contributed by atoms with Gasteiger partial charge in [-0.2, -0.15) is 0 Å². The fraction of sp³-hybridized carbons (Fsp3) is 0.909. The van der Waals surface area contributed by atoms with Crippen molar-refractivity contribution in [1.82, 2.24) is 4.90 Å². The molecule has 0 aromatic heterocycles. The molecule has 0 atom stereocenters.